The molecule has 5 heteroatoms. The number of alkyl carbamates (subject to hydrolysis) is 1. The molecule has 0 fully saturated rings. The number of allylic oxidation sites excluding steroid dienone is 1. The zero-order valence-corrected chi connectivity index (χ0v) is 12.2. The summed E-state index contributed by atoms with van der Waals surface area (Å²) in [6, 6.07) is 0. The third kappa shape index (κ3) is 12.7. The zero-order chi connectivity index (χ0) is 14.7. The fraction of sp³-hybridized carbons (Fsp3) is 0.714. The van der Waals surface area contributed by atoms with Gasteiger partial charge in [-0.25, -0.2) is 4.79 Å². The molecule has 0 bridgehead atoms. The zero-order valence-electron chi connectivity index (χ0n) is 12.2. The number of unbranched alkanes of at least 4 members (excludes halogenated alkanes) is 3. The molecule has 0 aliphatic rings. The van der Waals surface area contributed by atoms with Gasteiger partial charge in [-0.05, 0) is 46.5 Å². The molecule has 0 aliphatic heterocycles. The second-order valence-corrected chi connectivity index (χ2v) is 5.21. The van der Waals surface area contributed by atoms with Gasteiger partial charge in [0.05, 0.1) is 6.61 Å². The predicted molar refractivity (Wildman–Crippen MR) is 73.9 cm³/mol. The minimum absolute atomic E-state index is 0.165. The number of nitrogens with one attached hydrogen (secondary N) is 1. The average molecular weight is 271 g/mol. The number of hydrogen-bond acceptors (Lipinski definition) is 4. The number of carbonyl (C=O) groups is 2. The molecule has 0 saturated heterocycles. The van der Waals surface area contributed by atoms with Crippen LogP contribution in [-0.4, -0.2) is 30.8 Å². The number of esters is 1. The van der Waals surface area contributed by atoms with Crippen molar-refractivity contribution in [3.8, 4) is 0 Å². The summed E-state index contributed by atoms with van der Waals surface area (Å²) >= 11 is 0. The first-order valence-electron chi connectivity index (χ1n) is 6.58. The van der Waals surface area contributed by atoms with Crippen LogP contribution in [0.2, 0.25) is 0 Å². The maximum atomic E-state index is 11.3. The van der Waals surface area contributed by atoms with E-state index in [4.69, 9.17) is 9.47 Å². The predicted octanol–water partition coefficient (Wildman–Crippen LogP) is 2.80. The van der Waals surface area contributed by atoms with E-state index < -0.39 is 17.7 Å². The van der Waals surface area contributed by atoms with Crippen molar-refractivity contribution in [3.05, 3.63) is 12.7 Å². The minimum atomic E-state index is -0.615. The molecule has 0 rings (SSSR count). The summed E-state index contributed by atoms with van der Waals surface area (Å²) in [6.45, 7) is 9.13. The maximum absolute atomic E-state index is 11.3. The minimum Gasteiger partial charge on any atom is -0.464 e. The molecule has 1 amide bonds. The Balaban J connectivity index is 3.54. The summed E-state index contributed by atoms with van der Waals surface area (Å²) in [5.41, 5.74) is -0.570. The second-order valence-electron chi connectivity index (χ2n) is 5.21. The number of rotatable bonds is 8. The van der Waals surface area contributed by atoms with Crippen LogP contribution in [0.3, 0.4) is 0 Å². The molecule has 0 radical (unpaired) electrons. The SMILES string of the molecule is C=CCCCCCOC(=O)CNC(=O)OC(C)(C)C. The average Bonchev–Trinajstić information content (AvgIpc) is 2.29. The van der Waals surface area contributed by atoms with Crippen LogP contribution >= 0.6 is 0 Å². The fourth-order valence-electron chi connectivity index (χ4n) is 1.26. The lowest BCUT2D eigenvalue weighted by Crippen LogP contribution is -2.36. The van der Waals surface area contributed by atoms with Crippen molar-refractivity contribution in [3.63, 3.8) is 0 Å². The normalized spacial score (nSPS) is 10.7. The lowest BCUT2D eigenvalue weighted by atomic mass is 10.2. The van der Waals surface area contributed by atoms with Crippen LogP contribution in [0.15, 0.2) is 12.7 Å². The Morgan fingerprint density at radius 1 is 1.21 bits per heavy atom. The Labute approximate surface area is 115 Å². The van der Waals surface area contributed by atoms with Crippen LogP contribution in [-0.2, 0) is 14.3 Å². The standard InChI is InChI=1S/C14H25NO4/c1-5-6-7-8-9-10-18-12(16)11-15-13(17)19-14(2,3)4/h5H,1,6-11H2,2-4H3,(H,15,17). The Bertz CT molecular complexity index is 294. The number of ether oxygens (including phenoxy) is 2. The van der Waals surface area contributed by atoms with E-state index in [1.807, 2.05) is 6.08 Å². The van der Waals surface area contributed by atoms with E-state index in [9.17, 15) is 9.59 Å². The smallest absolute Gasteiger partial charge is 0.408 e. The first kappa shape index (κ1) is 17.5. The fourth-order valence-corrected chi connectivity index (χ4v) is 1.26. The molecule has 0 heterocycles. The van der Waals surface area contributed by atoms with Gasteiger partial charge in [-0.3, -0.25) is 4.79 Å². The first-order valence-corrected chi connectivity index (χ1v) is 6.58. The molecule has 0 aromatic carbocycles. The third-order valence-corrected chi connectivity index (χ3v) is 2.09. The lowest BCUT2D eigenvalue weighted by Gasteiger charge is -2.19. The Morgan fingerprint density at radius 3 is 2.47 bits per heavy atom. The Kier molecular flexibility index (Phi) is 8.66. The summed E-state index contributed by atoms with van der Waals surface area (Å²) in [5.74, 6) is -0.449. The van der Waals surface area contributed by atoms with Gasteiger partial charge in [-0.15, -0.1) is 6.58 Å². The van der Waals surface area contributed by atoms with Gasteiger partial charge in [0, 0.05) is 0 Å². The van der Waals surface area contributed by atoms with Crippen LogP contribution in [0.5, 0.6) is 0 Å². The van der Waals surface area contributed by atoms with Gasteiger partial charge in [0.2, 0.25) is 0 Å². The monoisotopic (exact) mass is 271 g/mol. The van der Waals surface area contributed by atoms with Crippen molar-refractivity contribution in [2.75, 3.05) is 13.2 Å². The molecule has 19 heavy (non-hydrogen) atoms. The first-order chi connectivity index (χ1) is 8.85. The highest BCUT2D eigenvalue weighted by Gasteiger charge is 2.16. The van der Waals surface area contributed by atoms with Crippen LogP contribution in [0, 0.1) is 0 Å². The van der Waals surface area contributed by atoms with Crippen molar-refractivity contribution in [1.29, 1.82) is 0 Å². The van der Waals surface area contributed by atoms with E-state index in [1.54, 1.807) is 20.8 Å². The summed E-state index contributed by atoms with van der Waals surface area (Å²) in [4.78, 5) is 22.6. The van der Waals surface area contributed by atoms with E-state index in [1.165, 1.54) is 0 Å². The van der Waals surface area contributed by atoms with Gasteiger partial charge in [0.1, 0.15) is 12.1 Å². The van der Waals surface area contributed by atoms with Crippen molar-refractivity contribution in [1.82, 2.24) is 5.32 Å². The molecule has 0 saturated carbocycles. The van der Waals surface area contributed by atoms with E-state index in [0.717, 1.165) is 25.7 Å². The highest BCUT2D eigenvalue weighted by Crippen LogP contribution is 2.06. The van der Waals surface area contributed by atoms with E-state index in [0.29, 0.717) is 6.61 Å². The molecule has 0 unspecified atom stereocenters. The van der Waals surface area contributed by atoms with Crippen LogP contribution in [0.1, 0.15) is 46.5 Å². The molecule has 0 aromatic rings. The topological polar surface area (TPSA) is 64.6 Å². The van der Waals surface area contributed by atoms with Crippen molar-refractivity contribution in [2.24, 2.45) is 0 Å². The number of amides is 1. The summed E-state index contributed by atoms with van der Waals surface area (Å²) in [7, 11) is 0. The van der Waals surface area contributed by atoms with Crippen LogP contribution < -0.4 is 5.32 Å². The van der Waals surface area contributed by atoms with Gasteiger partial charge >= 0.3 is 12.1 Å². The number of hydrogen-bond donors (Lipinski definition) is 1. The summed E-state index contributed by atoms with van der Waals surface area (Å²) < 4.78 is 9.96. The van der Waals surface area contributed by atoms with Gasteiger partial charge in [0.15, 0.2) is 0 Å². The molecule has 5 nitrogen and oxygen atoms in total. The third-order valence-electron chi connectivity index (χ3n) is 2.09. The molecule has 0 spiro atoms. The highest BCUT2D eigenvalue weighted by molar-refractivity contribution is 5.77. The molecule has 0 aliphatic carbocycles. The Morgan fingerprint density at radius 2 is 1.89 bits per heavy atom. The van der Waals surface area contributed by atoms with Gasteiger partial charge in [-0.2, -0.15) is 0 Å². The summed E-state index contributed by atoms with van der Waals surface area (Å²) in [6.07, 6.45) is 5.11. The second kappa shape index (κ2) is 9.42. The maximum Gasteiger partial charge on any atom is 0.408 e. The van der Waals surface area contributed by atoms with Crippen molar-refractivity contribution in [2.45, 2.75) is 52.1 Å². The van der Waals surface area contributed by atoms with E-state index in [-0.39, 0.29) is 6.54 Å². The lowest BCUT2D eigenvalue weighted by molar-refractivity contribution is -0.142. The molecule has 1 N–H and O–H groups in total. The molecule has 0 atom stereocenters. The quantitative estimate of drug-likeness (QED) is 0.419. The largest absolute Gasteiger partial charge is 0.464 e. The van der Waals surface area contributed by atoms with E-state index >= 15 is 0 Å². The molecular weight excluding hydrogens is 246 g/mol. The van der Waals surface area contributed by atoms with Gasteiger partial charge in [0.25, 0.3) is 0 Å². The molecule has 0 aromatic heterocycles. The van der Waals surface area contributed by atoms with Crippen molar-refractivity contribution < 1.29 is 19.1 Å². The van der Waals surface area contributed by atoms with Gasteiger partial charge < -0.3 is 14.8 Å². The van der Waals surface area contributed by atoms with Crippen LogP contribution in [0.4, 0.5) is 4.79 Å². The number of carbonyl (C=O) groups excluding carboxylic acids is 2. The highest BCUT2D eigenvalue weighted by atomic mass is 16.6. The van der Waals surface area contributed by atoms with Crippen LogP contribution in [0.25, 0.3) is 0 Å². The molecular formula is C14H25NO4. The summed E-state index contributed by atoms with van der Waals surface area (Å²) in [5, 5.41) is 2.35. The van der Waals surface area contributed by atoms with E-state index in [2.05, 4.69) is 11.9 Å². The van der Waals surface area contributed by atoms with Crippen molar-refractivity contribution >= 4 is 12.1 Å². The van der Waals surface area contributed by atoms with Gasteiger partial charge in [-0.1, -0.05) is 6.08 Å². The molecule has 110 valence electrons. The Hall–Kier alpha value is -1.52.